The van der Waals surface area contributed by atoms with Crippen LogP contribution in [-0.2, 0) is 0 Å². The van der Waals surface area contributed by atoms with E-state index in [-0.39, 0.29) is 5.41 Å². The van der Waals surface area contributed by atoms with E-state index in [2.05, 4.69) is 19.2 Å². The van der Waals surface area contributed by atoms with Crippen LogP contribution in [0.1, 0.15) is 52.4 Å². The van der Waals surface area contributed by atoms with E-state index in [9.17, 15) is 5.11 Å². The van der Waals surface area contributed by atoms with Crippen LogP contribution in [0.15, 0.2) is 0 Å². The van der Waals surface area contributed by atoms with Crippen molar-refractivity contribution < 1.29 is 5.11 Å². The maximum absolute atomic E-state index is 10.6. The molecule has 0 spiro atoms. The summed E-state index contributed by atoms with van der Waals surface area (Å²) in [6, 6.07) is 0.341. The highest BCUT2D eigenvalue weighted by molar-refractivity contribution is 5.09. The Morgan fingerprint density at radius 3 is 2.50 bits per heavy atom. The smallest absolute Gasteiger partial charge is 0.0850 e. The van der Waals surface area contributed by atoms with Gasteiger partial charge in [0.2, 0.25) is 0 Å². The Balaban J connectivity index is 2.05. The summed E-state index contributed by atoms with van der Waals surface area (Å²) < 4.78 is 0. The Morgan fingerprint density at radius 2 is 1.93 bits per heavy atom. The van der Waals surface area contributed by atoms with Crippen molar-refractivity contribution >= 4 is 0 Å². The van der Waals surface area contributed by atoms with Crippen molar-refractivity contribution in [3.8, 4) is 0 Å². The molecule has 1 heterocycles. The summed E-state index contributed by atoms with van der Waals surface area (Å²) in [5.41, 5.74) is -0.313. The SMILES string of the molecule is CC1(C)CCC1(O)C1CCCCCN1. The molecule has 1 saturated carbocycles. The van der Waals surface area contributed by atoms with Crippen LogP contribution in [0.4, 0.5) is 0 Å². The van der Waals surface area contributed by atoms with Gasteiger partial charge in [0.1, 0.15) is 0 Å². The number of rotatable bonds is 1. The van der Waals surface area contributed by atoms with E-state index in [1.807, 2.05) is 0 Å². The molecule has 82 valence electrons. The second-order valence-corrected chi connectivity index (χ2v) is 5.66. The standard InChI is InChI=1S/C12H23NO/c1-11(2)7-8-12(11,14)10-6-4-3-5-9-13-10/h10,13-14H,3-9H2,1-2H3. The van der Waals surface area contributed by atoms with Crippen molar-refractivity contribution in [1.29, 1.82) is 0 Å². The summed E-state index contributed by atoms with van der Waals surface area (Å²) >= 11 is 0. The first kappa shape index (κ1) is 10.4. The van der Waals surface area contributed by atoms with Crippen molar-refractivity contribution in [2.24, 2.45) is 5.41 Å². The van der Waals surface area contributed by atoms with Crippen molar-refractivity contribution in [3.63, 3.8) is 0 Å². The number of hydrogen-bond acceptors (Lipinski definition) is 2. The molecule has 0 aromatic rings. The predicted molar refractivity (Wildman–Crippen MR) is 58.2 cm³/mol. The molecule has 2 N–H and O–H groups in total. The highest BCUT2D eigenvalue weighted by Crippen LogP contribution is 2.52. The van der Waals surface area contributed by atoms with Gasteiger partial charge in [0.15, 0.2) is 0 Å². The van der Waals surface area contributed by atoms with Crippen LogP contribution in [0.2, 0.25) is 0 Å². The van der Waals surface area contributed by atoms with Gasteiger partial charge in [-0.3, -0.25) is 0 Å². The number of aliphatic hydroxyl groups is 1. The molecule has 2 nitrogen and oxygen atoms in total. The Bertz CT molecular complexity index is 206. The maximum atomic E-state index is 10.6. The minimum Gasteiger partial charge on any atom is -0.388 e. The van der Waals surface area contributed by atoms with Crippen LogP contribution in [0, 0.1) is 5.41 Å². The maximum Gasteiger partial charge on any atom is 0.0850 e. The Hall–Kier alpha value is -0.0800. The first-order valence-electron chi connectivity index (χ1n) is 6.02. The van der Waals surface area contributed by atoms with Crippen molar-refractivity contribution in [1.82, 2.24) is 5.32 Å². The third-order valence-electron chi connectivity index (χ3n) is 4.44. The lowest BCUT2D eigenvalue weighted by atomic mass is 9.55. The highest BCUT2D eigenvalue weighted by atomic mass is 16.3. The molecule has 0 amide bonds. The average molecular weight is 197 g/mol. The Morgan fingerprint density at radius 1 is 1.14 bits per heavy atom. The van der Waals surface area contributed by atoms with E-state index < -0.39 is 5.60 Å². The third kappa shape index (κ3) is 1.49. The van der Waals surface area contributed by atoms with Gasteiger partial charge in [0, 0.05) is 6.04 Å². The second kappa shape index (κ2) is 3.49. The molecule has 1 aliphatic carbocycles. The normalized spacial score (nSPS) is 42.6. The van der Waals surface area contributed by atoms with E-state index in [1.54, 1.807) is 0 Å². The summed E-state index contributed by atoms with van der Waals surface area (Å²) in [4.78, 5) is 0. The predicted octanol–water partition coefficient (Wildman–Crippen LogP) is 2.07. The van der Waals surface area contributed by atoms with Crippen LogP contribution in [-0.4, -0.2) is 23.3 Å². The van der Waals surface area contributed by atoms with E-state index in [1.165, 1.54) is 25.7 Å². The summed E-state index contributed by atoms with van der Waals surface area (Å²) in [7, 11) is 0. The van der Waals surface area contributed by atoms with Gasteiger partial charge in [-0.25, -0.2) is 0 Å². The van der Waals surface area contributed by atoms with Gasteiger partial charge in [-0.1, -0.05) is 26.7 Å². The first-order chi connectivity index (χ1) is 6.56. The summed E-state index contributed by atoms with van der Waals surface area (Å²) in [6.45, 7) is 5.48. The van der Waals surface area contributed by atoms with Gasteiger partial charge in [-0.15, -0.1) is 0 Å². The van der Waals surface area contributed by atoms with Crippen LogP contribution >= 0.6 is 0 Å². The minimum absolute atomic E-state index is 0.120. The topological polar surface area (TPSA) is 32.3 Å². The van der Waals surface area contributed by atoms with Crippen molar-refractivity contribution in [3.05, 3.63) is 0 Å². The molecular formula is C12H23NO. The molecule has 2 aliphatic rings. The number of hydrogen-bond donors (Lipinski definition) is 2. The zero-order valence-electron chi connectivity index (χ0n) is 9.47. The molecule has 1 saturated heterocycles. The molecule has 2 rings (SSSR count). The zero-order valence-corrected chi connectivity index (χ0v) is 9.47. The fraction of sp³-hybridized carbons (Fsp3) is 1.00. The molecule has 0 radical (unpaired) electrons. The van der Waals surface area contributed by atoms with Crippen LogP contribution < -0.4 is 5.32 Å². The molecule has 2 fully saturated rings. The largest absolute Gasteiger partial charge is 0.388 e. The van der Waals surface area contributed by atoms with Crippen LogP contribution in [0.3, 0.4) is 0 Å². The zero-order chi connectivity index (χ0) is 10.2. The summed E-state index contributed by atoms with van der Waals surface area (Å²) in [5, 5.41) is 14.2. The summed E-state index contributed by atoms with van der Waals surface area (Å²) in [6.07, 6.45) is 7.17. The van der Waals surface area contributed by atoms with E-state index in [0.29, 0.717) is 6.04 Å². The third-order valence-corrected chi connectivity index (χ3v) is 4.44. The Labute approximate surface area is 87.1 Å². The fourth-order valence-electron chi connectivity index (χ4n) is 2.96. The van der Waals surface area contributed by atoms with Gasteiger partial charge in [-0.2, -0.15) is 0 Å². The molecule has 0 aromatic carbocycles. The van der Waals surface area contributed by atoms with E-state index in [0.717, 1.165) is 19.4 Å². The lowest BCUT2D eigenvalue weighted by Crippen LogP contribution is -2.65. The molecule has 2 unspecified atom stereocenters. The summed E-state index contributed by atoms with van der Waals surface area (Å²) in [5.74, 6) is 0. The molecule has 0 bridgehead atoms. The molecule has 2 heteroatoms. The highest BCUT2D eigenvalue weighted by Gasteiger charge is 2.55. The van der Waals surface area contributed by atoms with Crippen LogP contribution in [0.5, 0.6) is 0 Å². The van der Waals surface area contributed by atoms with Gasteiger partial charge >= 0.3 is 0 Å². The van der Waals surface area contributed by atoms with Gasteiger partial charge in [0.25, 0.3) is 0 Å². The van der Waals surface area contributed by atoms with E-state index >= 15 is 0 Å². The van der Waals surface area contributed by atoms with Crippen LogP contribution in [0.25, 0.3) is 0 Å². The second-order valence-electron chi connectivity index (χ2n) is 5.66. The quantitative estimate of drug-likeness (QED) is 0.674. The van der Waals surface area contributed by atoms with Gasteiger partial charge in [-0.05, 0) is 37.6 Å². The molecule has 14 heavy (non-hydrogen) atoms. The van der Waals surface area contributed by atoms with E-state index in [4.69, 9.17) is 0 Å². The lowest BCUT2D eigenvalue weighted by Gasteiger charge is -2.56. The monoisotopic (exact) mass is 197 g/mol. The fourth-order valence-corrected chi connectivity index (χ4v) is 2.96. The van der Waals surface area contributed by atoms with Crippen molar-refractivity contribution in [2.45, 2.75) is 64.0 Å². The van der Waals surface area contributed by atoms with Gasteiger partial charge in [0.05, 0.1) is 5.60 Å². The average Bonchev–Trinajstić information content (AvgIpc) is 2.43. The van der Waals surface area contributed by atoms with Crippen molar-refractivity contribution in [2.75, 3.05) is 6.54 Å². The number of nitrogens with one attached hydrogen (secondary N) is 1. The first-order valence-corrected chi connectivity index (χ1v) is 6.02. The lowest BCUT2D eigenvalue weighted by molar-refractivity contribution is -0.170. The molecular weight excluding hydrogens is 174 g/mol. The molecule has 0 aromatic heterocycles. The molecule has 1 aliphatic heterocycles. The Kier molecular flexibility index (Phi) is 2.61. The minimum atomic E-state index is -0.433. The molecule has 2 atom stereocenters. The van der Waals surface area contributed by atoms with Gasteiger partial charge < -0.3 is 10.4 Å².